The summed E-state index contributed by atoms with van der Waals surface area (Å²) in [4.78, 5) is 30.3. The van der Waals surface area contributed by atoms with Crippen molar-refractivity contribution < 1.29 is 9.53 Å². The van der Waals surface area contributed by atoms with Gasteiger partial charge in [-0.25, -0.2) is 9.67 Å². The van der Waals surface area contributed by atoms with Gasteiger partial charge in [0.1, 0.15) is 6.61 Å². The number of hydrogen-bond donors (Lipinski definition) is 0. The summed E-state index contributed by atoms with van der Waals surface area (Å²) in [5.41, 5.74) is 1.64. The van der Waals surface area contributed by atoms with E-state index < -0.39 is 0 Å². The van der Waals surface area contributed by atoms with E-state index in [1.54, 1.807) is 10.7 Å². The highest BCUT2D eigenvalue weighted by Crippen LogP contribution is 2.31. The molecule has 0 unspecified atom stereocenters. The Bertz CT molecular complexity index is 1170. The number of fused-ring (bicyclic) bond motifs is 1. The molecule has 0 N–H and O–H groups in total. The highest BCUT2D eigenvalue weighted by atomic mass is 35.5. The summed E-state index contributed by atoms with van der Waals surface area (Å²) in [7, 11) is 0. The minimum atomic E-state index is -0.308. The van der Waals surface area contributed by atoms with Crippen LogP contribution in [0.15, 0.2) is 63.2 Å². The molecule has 1 aromatic heterocycles. The van der Waals surface area contributed by atoms with Crippen LogP contribution in [0.1, 0.15) is 18.4 Å². The van der Waals surface area contributed by atoms with E-state index in [1.807, 2.05) is 47.1 Å². The zero-order chi connectivity index (χ0) is 20.9. The van der Waals surface area contributed by atoms with Crippen molar-refractivity contribution in [2.75, 3.05) is 5.75 Å². The third kappa shape index (κ3) is 5.06. The lowest BCUT2D eigenvalue weighted by Crippen LogP contribution is -2.31. The number of carbonyl (C=O) groups excluding carboxylic acids is 1. The van der Waals surface area contributed by atoms with Crippen LogP contribution >= 0.6 is 34.7 Å². The minimum Gasteiger partial charge on any atom is -0.460 e. The summed E-state index contributed by atoms with van der Waals surface area (Å²) in [6, 6.07) is 15.0. The number of benzene rings is 2. The Morgan fingerprint density at radius 3 is 2.70 bits per heavy atom. The van der Waals surface area contributed by atoms with Crippen LogP contribution in [0.25, 0.3) is 0 Å². The summed E-state index contributed by atoms with van der Waals surface area (Å²) in [5, 5.41) is 0.551. The first-order chi connectivity index (χ1) is 14.6. The van der Waals surface area contributed by atoms with Gasteiger partial charge in [-0.2, -0.15) is 0 Å². The van der Waals surface area contributed by atoms with Crippen molar-refractivity contribution in [3.8, 4) is 0 Å². The van der Waals surface area contributed by atoms with E-state index in [-0.39, 0.29) is 23.2 Å². The zero-order valence-corrected chi connectivity index (χ0v) is 18.5. The fourth-order valence-electron chi connectivity index (χ4n) is 3.12. The van der Waals surface area contributed by atoms with Crippen LogP contribution in [0.4, 0.5) is 5.69 Å². The van der Waals surface area contributed by atoms with E-state index in [2.05, 4.69) is 4.99 Å². The number of nitrogens with zero attached hydrogens (tertiary/aromatic N) is 3. The highest BCUT2D eigenvalue weighted by molar-refractivity contribution is 8.00. The lowest BCUT2D eigenvalue weighted by Gasteiger charge is -2.15. The molecule has 3 aromatic rings. The van der Waals surface area contributed by atoms with Gasteiger partial charge in [-0.3, -0.25) is 14.3 Å². The maximum atomic E-state index is 12.2. The average Bonchev–Trinajstić information content (AvgIpc) is 3.09. The zero-order valence-electron chi connectivity index (χ0n) is 16.1. The molecular weight excluding hydrogens is 442 g/mol. The molecule has 0 bridgehead atoms. The number of thioether (sulfide) groups is 1. The van der Waals surface area contributed by atoms with E-state index in [0.29, 0.717) is 15.5 Å². The maximum absolute atomic E-state index is 12.2. The van der Waals surface area contributed by atoms with Crippen molar-refractivity contribution >= 4 is 46.4 Å². The molecule has 0 fully saturated rings. The van der Waals surface area contributed by atoms with E-state index in [0.717, 1.165) is 47.7 Å². The Morgan fingerprint density at radius 2 is 1.90 bits per heavy atom. The molecule has 0 aliphatic carbocycles. The summed E-state index contributed by atoms with van der Waals surface area (Å²) in [5.74, 6) is -0.155. The monoisotopic (exact) mass is 461 g/mol. The first kappa shape index (κ1) is 21.0. The van der Waals surface area contributed by atoms with Crippen LogP contribution < -0.4 is 9.67 Å². The third-order valence-corrected chi connectivity index (χ3v) is 6.96. The predicted molar refractivity (Wildman–Crippen MR) is 119 cm³/mol. The fourth-order valence-corrected chi connectivity index (χ4v) is 5.06. The molecule has 30 heavy (non-hydrogen) atoms. The van der Waals surface area contributed by atoms with Crippen molar-refractivity contribution in [3.05, 3.63) is 73.6 Å². The van der Waals surface area contributed by atoms with Crippen LogP contribution in [0.5, 0.6) is 0 Å². The Kier molecular flexibility index (Phi) is 6.76. The summed E-state index contributed by atoms with van der Waals surface area (Å²) < 4.78 is 9.01. The predicted octanol–water partition coefficient (Wildman–Crippen LogP) is 4.23. The first-order valence-corrected chi connectivity index (χ1v) is 11.8. The van der Waals surface area contributed by atoms with E-state index in [1.165, 1.54) is 11.8 Å². The maximum Gasteiger partial charge on any atom is 0.325 e. The second-order valence-corrected chi connectivity index (χ2v) is 9.11. The summed E-state index contributed by atoms with van der Waals surface area (Å²) >= 11 is 8.76. The van der Waals surface area contributed by atoms with Crippen LogP contribution in [0.2, 0.25) is 5.02 Å². The van der Waals surface area contributed by atoms with Gasteiger partial charge in [0.25, 0.3) is 0 Å². The minimum absolute atomic E-state index is 0.0122. The molecule has 156 valence electrons. The van der Waals surface area contributed by atoms with E-state index in [4.69, 9.17) is 16.3 Å². The second kappa shape index (κ2) is 9.68. The second-order valence-electron chi connectivity index (χ2n) is 6.77. The number of rotatable bonds is 6. The van der Waals surface area contributed by atoms with Crippen LogP contribution in [0.3, 0.4) is 0 Å². The number of hydrogen-bond acceptors (Lipinski definition) is 6. The van der Waals surface area contributed by atoms with Gasteiger partial charge >= 0.3 is 10.8 Å². The largest absolute Gasteiger partial charge is 0.460 e. The van der Waals surface area contributed by atoms with Crippen molar-refractivity contribution in [3.63, 3.8) is 0 Å². The first-order valence-electron chi connectivity index (χ1n) is 9.57. The van der Waals surface area contributed by atoms with Gasteiger partial charge in [-0.05, 0) is 47.9 Å². The molecule has 0 saturated carbocycles. The fraction of sp³-hybridized carbons (Fsp3) is 0.286. The summed E-state index contributed by atoms with van der Waals surface area (Å²) in [6.07, 6.45) is 2.05. The number of halogens is 1. The Labute approximate surface area is 186 Å². The van der Waals surface area contributed by atoms with Crippen molar-refractivity contribution in [2.24, 2.45) is 4.99 Å². The van der Waals surface area contributed by atoms with Gasteiger partial charge in [0.15, 0.2) is 0 Å². The molecule has 1 aliphatic heterocycles. The average molecular weight is 462 g/mol. The quantitative estimate of drug-likeness (QED) is 0.407. The lowest BCUT2D eigenvalue weighted by atomic mass is 10.2. The van der Waals surface area contributed by atoms with Crippen LogP contribution in [0, 0.1) is 0 Å². The molecule has 0 amide bonds. The van der Waals surface area contributed by atoms with Gasteiger partial charge in [-0.15, -0.1) is 11.8 Å². The third-order valence-electron chi connectivity index (χ3n) is 4.62. The topological polar surface area (TPSA) is 65.6 Å². The molecule has 9 heteroatoms. The lowest BCUT2D eigenvalue weighted by molar-refractivity contribution is -0.141. The molecule has 0 atom stereocenters. The molecule has 2 heterocycles. The van der Waals surface area contributed by atoms with E-state index >= 15 is 0 Å². The van der Waals surface area contributed by atoms with Crippen LogP contribution in [-0.2, 0) is 29.2 Å². The number of ether oxygens (including phenoxy) is 1. The van der Waals surface area contributed by atoms with Crippen molar-refractivity contribution in [1.29, 1.82) is 0 Å². The molecule has 4 rings (SSSR count). The molecular formula is C21H20ClN3O3S2. The van der Waals surface area contributed by atoms with Crippen LogP contribution in [-0.4, -0.2) is 21.1 Å². The number of esters is 1. The SMILES string of the molecule is O=C(CSc1cc(/N=c2\sc(=O)n3n2CCCC3)ccc1Cl)OCc1ccccc1. The van der Waals surface area contributed by atoms with Gasteiger partial charge in [0, 0.05) is 18.0 Å². The van der Waals surface area contributed by atoms with Gasteiger partial charge in [0.05, 0.1) is 16.5 Å². The Balaban J connectivity index is 1.45. The number of aromatic nitrogens is 2. The van der Waals surface area contributed by atoms with Gasteiger partial charge in [-0.1, -0.05) is 41.9 Å². The highest BCUT2D eigenvalue weighted by Gasteiger charge is 2.13. The molecule has 6 nitrogen and oxygen atoms in total. The van der Waals surface area contributed by atoms with E-state index in [9.17, 15) is 9.59 Å². The molecule has 0 radical (unpaired) electrons. The van der Waals surface area contributed by atoms with Crippen molar-refractivity contribution in [2.45, 2.75) is 37.4 Å². The standard InChI is InChI=1S/C21H20ClN3O3S2/c22-17-9-8-16(23-20-24-10-4-5-11-25(24)21(27)30-20)12-18(17)29-14-19(26)28-13-15-6-2-1-3-7-15/h1-3,6-9,12H,4-5,10-11,13-14H2/b23-20-. The summed E-state index contributed by atoms with van der Waals surface area (Å²) in [6.45, 7) is 1.77. The Morgan fingerprint density at radius 1 is 1.13 bits per heavy atom. The van der Waals surface area contributed by atoms with Crippen molar-refractivity contribution in [1.82, 2.24) is 9.36 Å². The molecule has 2 aromatic carbocycles. The molecule has 1 aliphatic rings. The number of carbonyl (C=O) groups is 1. The normalized spacial score (nSPS) is 13.8. The molecule has 0 saturated heterocycles. The molecule has 0 spiro atoms. The van der Waals surface area contributed by atoms with Gasteiger partial charge in [0.2, 0.25) is 4.80 Å². The smallest absolute Gasteiger partial charge is 0.325 e. The van der Waals surface area contributed by atoms with Gasteiger partial charge < -0.3 is 4.74 Å². The Hall–Kier alpha value is -2.29.